The second kappa shape index (κ2) is 6.91. The summed E-state index contributed by atoms with van der Waals surface area (Å²) in [5, 5.41) is 5.49. The summed E-state index contributed by atoms with van der Waals surface area (Å²) in [6.45, 7) is 0. The summed E-state index contributed by atoms with van der Waals surface area (Å²) in [4.78, 5) is 0. The molecule has 0 saturated heterocycles. The van der Waals surface area contributed by atoms with E-state index in [0.29, 0.717) is 6.42 Å². The summed E-state index contributed by atoms with van der Waals surface area (Å²) in [5.41, 5.74) is 0. The van der Waals surface area contributed by atoms with Gasteiger partial charge in [-0.25, -0.2) is 8.42 Å². The standard InChI is InChI=1S/C8H18N2O2S/c1-9-6-4-3-5-7-13(11,12)8-10-2/h4,6,9-10H,3,5,7-8H2,1-2H3/b6-4-. The molecule has 5 heteroatoms. The van der Waals surface area contributed by atoms with Crippen molar-refractivity contribution in [1.82, 2.24) is 10.6 Å². The summed E-state index contributed by atoms with van der Waals surface area (Å²) in [6.07, 6.45) is 5.21. The lowest BCUT2D eigenvalue weighted by atomic mass is 10.3. The number of hydrogen-bond donors (Lipinski definition) is 2. The first-order valence-corrected chi connectivity index (χ1v) is 6.12. The first kappa shape index (κ1) is 12.4. The monoisotopic (exact) mass is 206 g/mol. The molecule has 0 unspecified atom stereocenters. The quantitative estimate of drug-likeness (QED) is 0.580. The first-order chi connectivity index (χ1) is 6.12. The molecule has 2 N–H and O–H groups in total. The van der Waals surface area contributed by atoms with Crippen molar-refractivity contribution in [3.63, 3.8) is 0 Å². The van der Waals surface area contributed by atoms with Crippen LogP contribution in [0.4, 0.5) is 0 Å². The van der Waals surface area contributed by atoms with Crippen LogP contribution in [0.15, 0.2) is 12.3 Å². The van der Waals surface area contributed by atoms with Gasteiger partial charge in [0.2, 0.25) is 0 Å². The van der Waals surface area contributed by atoms with Crippen LogP contribution < -0.4 is 10.6 Å². The fourth-order valence-corrected chi connectivity index (χ4v) is 2.11. The smallest absolute Gasteiger partial charge is 0.163 e. The summed E-state index contributed by atoms with van der Waals surface area (Å²) < 4.78 is 22.3. The maximum atomic E-state index is 11.2. The maximum Gasteiger partial charge on any atom is 0.163 e. The molecule has 0 aliphatic rings. The molecular formula is C8H18N2O2S. The van der Waals surface area contributed by atoms with Gasteiger partial charge in [-0.15, -0.1) is 0 Å². The fourth-order valence-electron chi connectivity index (χ4n) is 0.914. The molecule has 0 aromatic carbocycles. The molecule has 0 bridgehead atoms. The highest BCUT2D eigenvalue weighted by Crippen LogP contribution is 1.96. The van der Waals surface area contributed by atoms with Gasteiger partial charge in [0.15, 0.2) is 9.84 Å². The van der Waals surface area contributed by atoms with Crippen LogP contribution in [0.25, 0.3) is 0 Å². The molecule has 13 heavy (non-hydrogen) atoms. The molecule has 0 radical (unpaired) electrons. The van der Waals surface area contributed by atoms with Crippen LogP contribution in [-0.2, 0) is 9.84 Å². The van der Waals surface area contributed by atoms with Crippen LogP contribution in [0.2, 0.25) is 0 Å². The van der Waals surface area contributed by atoms with E-state index in [4.69, 9.17) is 0 Å². The van der Waals surface area contributed by atoms with Crippen molar-refractivity contribution in [2.24, 2.45) is 0 Å². The Hall–Kier alpha value is -0.550. The maximum absolute atomic E-state index is 11.2. The Morgan fingerprint density at radius 1 is 1.31 bits per heavy atom. The van der Waals surface area contributed by atoms with Crippen LogP contribution in [0.5, 0.6) is 0 Å². The largest absolute Gasteiger partial charge is 0.394 e. The third-order valence-electron chi connectivity index (χ3n) is 1.47. The van der Waals surface area contributed by atoms with Crippen LogP contribution in [0.1, 0.15) is 12.8 Å². The van der Waals surface area contributed by atoms with Gasteiger partial charge in [0.25, 0.3) is 0 Å². The Bertz CT molecular complexity index is 235. The highest BCUT2D eigenvalue weighted by Gasteiger charge is 2.06. The average Bonchev–Trinajstić information content (AvgIpc) is 2.04. The number of hydrogen-bond acceptors (Lipinski definition) is 4. The van der Waals surface area contributed by atoms with E-state index in [1.165, 1.54) is 0 Å². The van der Waals surface area contributed by atoms with Crippen molar-refractivity contribution >= 4 is 9.84 Å². The van der Waals surface area contributed by atoms with E-state index in [9.17, 15) is 8.42 Å². The Labute approximate surface area is 80.3 Å². The van der Waals surface area contributed by atoms with E-state index >= 15 is 0 Å². The van der Waals surface area contributed by atoms with Crippen LogP contribution in [-0.4, -0.2) is 34.1 Å². The van der Waals surface area contributed by atoms with Gasteiger partial charge < -0.3 is 10.6 Å². The topological polar surface area (TPSA) is 58.2 Å². The zero-order valence-electron chi connectivity index (χ0n) is 8.21. The first-order valence-electron chi connectivity index (χ1n) is 4.29. The molecule has 0 aromatic heterocycles. The van der Waals surface area contributed by atoms with Crippen molar-refractivity contribution in [1.29, 1.82) is 0 Å². The second-order valence-corrected chi connectivity index (χ2v) is 4.96. The predicted molar refractivity (Wildman–Crippen MR) is 55.1 cm³/mol. The van der Waals surface area contributed by atoms with E-state index in [-0.39, 0.29) is 11.6 Å². The minimum Gasteiger partial charge on any atom is -0.394 e. The van der Waals surface area contributed by atoms with E-state index < -0.39 is 9.84 Å². The third kappa shape index (κ3) is 7.80. The molecule has 0 amide bonds. The number of unbranched alkanes of at least 4 members (excludes halogenated alkanes) is 1. The fraction of sp³-hybridized carbons (Fsp3) is 0.750. The summed E-state index contributed by atoms with van der Waals surface area (Å²) in [5.74, 6) is 0.324. The summed E-state index contributed by atoms with van der Waals surface area (Å²) >= 11 is 0. The highest BCUT2D eigenvalue weighted by molar-refractivity contribution is 7.91. The van der Waals surface area contributed by atoms with E-state index in [1.807, 2.05) is 19.3 Å². The number of sulfone groups is 1. The molecule has 4 nitrogen and oxygen atoms in total. The van der Waals surface area contributed by atoms with Crippen molar-refractivity contribution in [2.45, 2.75) is 12.8 Å². The Kier molecular flexibility index (Phi) is 6.62. The molecule has 0 aliphatic heterocycles. The molecular weight excluding hydrogens is 188 g/mol. The lowest BCUT2D eigenvalue weighted by Crippen LogP contribution is -2.21. The zero-order chi connectivity index (χ0) is 10.2. The Morgan fingerprint density at radius 3 is 2.54 bits per heavy atom. The van der Waals surface area contributed by atoms with Gasteiger partial charge in [-0.2, -0.15) is 0 Å². The number of rotatable bonds is 7. The number of nitrogens with one attached hydrogen (secondary N) is 2. The second-order valence-electron chi connectivity index (χ2n) is 2.78. The Morgan fingerprint density at radius 2 is 2.00 bits per heavy atom. The van der Waals surface area contributed by atoms with E-state index in [0.717, 1.165) is 6.42 Å². The van der Waals surface area contributed by atoms with Crippen LogP contribution >= 0.6 is 0 Å². The molecule has 0 fully saturated rings. The van der Waals surface area contributed by atoms with Gasteiger partial charge in [0.05, 0.1) is 11.6 Å². The van der Waals surface area contributed by atoms with Gasteiger partial charge in [-0.1, -0.05) is 6.08 Å². The van der Waals surface area contributed by atoms with Gasteiger partial charge in [-0.3, -0.25) is 0 Å². The minimum absolute atomic E-state index is 0.0722. The molecule has 0 saturated carbocycles. The van der Waals surface area contributed by atoms with E-state index in [1.54, 1.807) is 7.05 Å². The van der Waals surface area contributed by atoms with Crippen LogP contribution in [0, 0.1) is 0 Å². The molecule has 0 atom stereocenters. The zero-order valence-corrected chi connectivity index (χ0v) is 9.02. The lowest BCUT2D eigenvalue weighted by Gasteiger charge is -2.00. The lowest BCUT2D eigenvalue weighted by molar-refractivity contribution is 0.589. The van der Waals surface area contributed by atoms with E-state index in [2.05, 4.69) is 10.6 Å². The normalized spacial score (nSPS) is 12.2. The molecule has 0 rings (SSSR count). The molecule has 0 aliphatic carbocycles. The average molecular weight is 206 g/mol. The number of allylic oxidation sites excluding steroid dienone is 1. The van der Waals surface area contributed by atoms with Crippen molar-refractivity contribution in [3.05, 3.63) is 12.3 Å². The van der Waals surface area contributed by atoms with Gasteiger partial charge in [0, 0.05) is 7.05 Å². The van der Waals surface area contributed by atoms with Gasteiger partial charge in [-0.05, 0) is 26.1 Å². The minimum atomic E-state index is -2.88. The van der Waals surface area contributed by atoms with Gasteiger partial charge >= 0.3 is 0 Å². The molecule has 0 aromatic rings. The van der Waals surface area contributed by atoms with Gasteiger partial charge in [0.1, 0.15) is 0 Å². The molecule has 78 valence electrons. The molecule has 0 heterocycles. The predicted octanol–water partition coefficient (Wildman–Crippen LogP) is 0.0914. The highest BCUT2D eigenvalue weighted by atomic mass is 32.2. The Balaban J connectivity index is 3.58. The summed E-state index contributed by atoms with van der Waals surface area (Å²) in [7, 11) is 0.567. The molecule has 0 spiro atoms. The summed E-state index contributed by atoms with van der Waals surface area (Å²) in [6, 6.07) is 0. The van der Waals surface area contributed by atoms with Crippen molar-refractivity contribution in [3.8, 4) is 0 Å². The van der Waals surface area contributed by atoms with Crippen molar-refractivity contribution in [2.75, 3.05) is 25.7 Å². The third-order valence-corrected chi connectivity index (χ3v) is 3.11. The van der Waals surface area contributed by atoms with Crippen LogP contribution in [0.3, 0.4) is 0 Å². The van der Waals surface area contributed by atoms with Crippen molar-refractivity contribution < 1.29 is 8.42 Å². The SMILES string of the molecule is CN/C=C\CCCS(=O)(=O)CNC.